The molecule has 1 unspecified atom stereocenters. The molecule has 2 aromatic carbocycles. The van der Waals surface area contributed by atoms with Crippen LogP contribution in [0.15, 0.2) is 71.1 Å². The van der Waals surface area contributed by atoms with E-state index >= 15 is 0 Å². The molecule has 1 heterocycles. The van der Waals surface area contributed by atoms with Gasteiger partial charge in [-0.05, 0) is 32.4 Å². The lowest BCUT2D eigenvalue weighted by molar-refractivity contribution is -0.942. The molecule has 0 spiro atoms. The van der Waals surface area contributed by atoms with E-state index in [1.807, 2.05) is 19.1 Å². The van der Waals surface area contributed by atoms with Crippen LogP contribution < -0.4 is 10.2 Å². The number of nitrogens with one attached hydrogen (secondary N) is 2. The zero-order valence-corrected chi connectivity index (χ0v) is 17.6. The topological polar surface area (TPSA) is 46.7 Å². The molecule has 0 aliphatic rings. The van der Waals surface area contributed by atoms with Gasteiger partial charge in [0.15, 0.2) is 11.5 Å². The normalized spacial score (nSPS) is 13.1. The van der Waals surface area contributed by atoms with Crippen molar-refractivity contribution in [2.75, 3.05) is 0 Å². The summed E-state index contributed by atoms with van der Waals surface area (Å²) in [6, 6.07) is 23.0. The lowest BCUT2D eigenvalue weighted by Gasteiger charge is -2.19. The number of carbonyl (C=O) groups is 1. The van der Waals surface area contributed by atoms with E-state index in [4.69, 9.17) is 4.42 Å². The molecule has 4 heteroatoms. The molecular weight excluding hydrogens is 360 g/mol. The first-order chi connectivity index (χ1) is 14.0. The van der Waals surface area contributed by atoms with Crippen LogP contribution in [0.4, 0.5) is 0 Å². The molecule has 1 aromatic heterocycles. The minimum absolute atomic E-state index is 0.137. The van der Waals surface area contributed by atoms with Crippen molar-refractivity contribution < 1.29 is 14.1 Å². The number of benzene rings is 2. The second-order valence-electron chi connectivity index (χ2n) is 7.80. The van der Waals surface area contributed by atoms with E-state index in [2.05, 4.69) is 67.7 Å². The van der Waals surface area contributed by atoms with Crippen molar-refractivity contribution in [2.45, 2.75) is 52.9 Å². The first-order valence-corrected chi connectivity index (χ1v) is 10.4. The van der Waals surface area contributed by atoms with Crippen molar-refractivity contribution >= 4 is 5.91 Å². The van der Waals surface area contributed by atoms with Crippen LogP contribution in [0.25, 0.3) is 0 Å². The minimum Gasteiger partial charge on any atom is -0.450 e. The van der Waals surface area contributed by atoms with Gasteiger partial charge in [-0.25, -0.2) is 0 Å². The van der Waals surface area contributed by atoms with Crippen LogP contribution in [0.2, 0.25) is 0 Å². The van der Waals surface area contributed by atoms with E-state index in [0.29, 0.717) is 5.76 Å². The molecule has 0 aliphatic carbocycles. The quantitative estimate of drug-likeness (QED) is 0.581. The average molecular weight is 392 g/mol. The summed E-state index contributed by atoms with van der Waals surface area (Å²) >= 11 is 0. The third-order valence-corrected chi connectivity index (χ3v) is 5.17. The molecule has 0 aliphatic heterocycles. The third-order valence-electron chi connectivity index (χ3n) is 5.17. The van der Waals surface area contributed by atoms with Gasteiger partial charge in [-0.1, -0.05) is 67.1 Å². The first-order valence-electron chi connectivity index (χ1n) is 10.4. The maximum Gasteiger partial charge on any atom is 0.287 e. The Hall–Kier alpha value is -2.85. The minimum atomic E-state index is -0.145. The second-order valence-corrected chi connectivity index (χ2v) is 7.80. The second kappa shape index (κ2) is 10.1. The Labute approximate surface area is 173 Å². The summed E-state index contributed by atoms with van der Waals surface area (Å²) < 4.78 is 5.88. The monoisotopic (exact) mass is 391 g/mol. The van der Waals surface area contributed by atoms with Crippen molar-refractivity contribution in [1.29, 1.82) is 0 Å². The highest BCUT2D eigenvalue weighted by Gasteiger charge is 2.17. The standard InChI is InChI=1S/C25H30N2O2/c1-4-20(3)26-25(28)24-15-14-23(29-24)18-27(16-21-8-6-5-7-9-21)17-22-12-10-19(2)11-13-22/h5-15,20H,4,16-18H2,1-3H3,(H,26,28)/p+1/t20-/m0/s1. The number of amides is 1. The molecule has 2 N–H and O–H groups in total. The zero-order chi connectivity index (χ0) is 20.6. The SMILES string of the molecule is CC[C@H](C)NC(=O)c1ccc(C[NH+](Cc2ccccc2)Cc2ccc(C)cc2)o1. The van der Waals surface area contributed by atoms with Gasteiger partial charge in [-0.2, -0.15) is 0 Å². The Balaban J connectivity index is 1.72. The molecule has 4 nitrogen and oxygen atoms in total. The van der Waals surface area contributed by atoms with Gasteiger partial charge >= 0.3 is 0 Å². The van der Waals surface area contributed by atoms with Gasteiger partial charge in [0.1, 0.15) is 19.6 Å². The molecule has 0 saturated carbocycles. The van der Waals surface area contributed by atoms with E-state index in [1.54, 1.807) is 6.07 Å². The Morgan fingerprint density at radius 2 is 1.59 bits per heavy atom. The van der Waals surface area contributed by atoms with Crippen LogP contribution in [0.1, 0.15) is 53.3 Å². The van der Waals surface area contributed by atoms with E-state index < -0.39 is 0 Å². The number of rotatable bonds is 9. The predicted octanol–water partition coefficient (Wildman–Crippen LogP) is 3.90. The molecule has 3 rings (SSSR count). The molecule has 0 saturated heterocycles. The summed E-state index contributed by atoms with van der Waals surface area (Å²) in [7, 11) is 0. The van der Waals surface area contributed by atoms with Crippen LogP contribution >= 0.6 is 0 Å². The molecule has 0 fully saturated rings. The third kappa shape index (κ3) is 6.33. The van der Waals surface area contributed by atoms with Gasteiger partial charge in [0.05, 0.1) is 0 Å². The highest BCUT2D eigenvalue weighted by atomic mass is 16.4. The molecule has 152 valence electrons. The van der Waals surface area contributed by atoms with Crippen molar-refractivity contribution in [3.63, 3.8) is 0 Å². The van der Waals surface area contributed by atoms with E-state index in [-0.39, 0.29) is 11.9 Å². The number of hydrogen-bond acceptors (Lipinski definition) is 2. The van der Waals surface area contributed by atoms with Crippen molar-refractivity contribution in [2.24, 2.45) is 0 Å². The number of furan rings is 1. The molecule has 1 amide bonds. The molecule has 0 radical (unpaired) electrons. The Kier molecular flexibility index (Phi) is 7.25. The number of carbonyl (C=O) groups excluding carboxylic acids is 1. The summed E-state index contributed by atoms with van der Waals surface area (Å²) in [5, 5.41) is 2.96. The van der Waals surface area contributed by atoms with Crippen molar-refractivity contribution in [1.82, 2.24) is 5.32 Å². The summed E-state index contributed by atoms with van der Waals surface area (Å²) in [5.74, 6) is 1.07. The van der Waals surface area contributed by atoms with Gasteiger partial charge in [0.2, 0.25) is 0 Å². The fourth-order valence-corrected chi connectivity index (χ4v) is 3.30. The highest BCUT2D eigenvalue weighted by molar-refractivity contribution is 5.91. The maximum absolute atomic E-state index is 12.3. The largest absolute Gasteiger partial charge is 0.450 e. The molecular formula is C25H31N2O2+. The van der Waals surface area contributed by atoms with E-state index in [1.165, 1.54) is 21.6 Å². The lowest BCUT2D eigenvalue weighted by atomic mass is 10.1. The number of aryl methyl sites for hydroxylation is 1. The highest BCUT2D eigenvalue weighted by Crippen LogP contribution is 2.09. The fourth-order valence-electron chi connectivity index (χ4n) is 3.30. The summed E-state index contributed by atoms with van der Waals surface area (Å²) in [6.45, 7) is 8.66. The predicted molar refractivity (Wildman–Crippen MR) is 116 cm³/mol. The van der Waals surface area contributed by atoms with Crippen LogP contribution in [0.5, 0.6) is 0 Å². The van der Waals surface area contributed by atoms with Crippen LogP contribution in [0, 0.1) is 6.92 Å². The molecule has 29 heavy (non-hydrogen) atoms. The van der Waals surface area contributed by atoms with Crippen LogP contribution in [-0.2, 0) is 19.6 Å². The number of quaternary nitrogens is 1. The average Bonchev–Trinajstić information content (AvgIpc) is 3.19. The summed E-state index contributed by atoms with van der Waals surface area (Å²) in [5.41, 5.74) is 3.85. The Bertz CT molecular complexity index is 900. The van der Waals surface area contributed by atoms with Crippen molar-refractivity contribution in [3.05, 3.63) is 94.9 Å². The van der Waals surface area contributed by atoms with E-state index in [0.717, 1.165) is 31.8 Å². The van der Waals surface area contributed by atoms with Gasteiger partial charge in [-0.3, -0.25) is 4.79 Å². The van der Waals surface area contributed by atoms with E-state index in [9.17, 15) is 4.79 Å². The molecule has 0 bridgehead atoms. The Morgan fingerprint density at radius 3 is 2.24 bits per heavy atom. The smallest absolute Gasteiger partial charge is 0.287 e. The first kappa shape index (κ1) is 20.9. The van der Waals surface area contributed by atoms with Crippen molar-refractivity contribution in [3.8, 4) is 0 Å². The summed E-state index contributed by atoms with van der Waals surface area (Å²) in [4.78, 5) is 13.7. The van der Waals surface area contributed by atoms with Gasteiger partial charge in [0, 0.05) is 17.2 Å². The van der Waals surface area contributed by atoms with Crippen LogP contribution in [0.3, 0.4) is 0 Å². The maximum atomic E-state index is 12.3. The molecule has 2 atom stereocenters. The zero-order valence-electron chi connectivity index (χ0n) is 17.6. The van der Waals surface area contributed by atoms with Crippen LogP contribution in [-0.4, -0.2) is 11.9 Å². The fraction of sp³-hybridized carbons (Fsp3) is 0.320. The molecule has 3 aromatic rings. The summed E-state index contributed by atoms with van der Waals surface area (Å²) in [6.07, 6.45) is 0.894. The Morgan fingerprint density at radius 1 is 0.931 bits per heavy atom. The lowest BCUT2D eigenvalue weighted by Crippen LogP contribution is -3.08. The van der Waals surface area contributed by atoms with Gasteiger partial charge < -0.3 is 14.6 Å². The van der Waals surface area contributed by atoms with Gasteiger partial charge in [0.25, 0.3) is 5.91 Å². The number of hydrogen-bond donors (Lipinski definition) is 2. The van der Waals surface area contributed by atoms with Gasteiger partial charge in [-0.15, -0.1) is 0 Å².